The Morgan fingerprint density at radius 1 is 0.292 bits per heavy atom. The van der Waals surface area contributed by atoms with Crippen LogP contribution in [0.25, 0.3) is 90.9 Å². The highest BCUT2D eigenvalue weighted by Gasteiger charge is 2.19. The Labute approximate surface area is 275 Å². The Kier molecular flexibility index (Phi) is 6.61. The van der Waals surface area contributed by atoms with Crippen LogP contribution in [0, 0.1) is 0 Å². The molecule has 2 N–H and O–H groups in total. The molecular formula is C40H26N8. The van der Waals surface area contributed by atoms with Gasteiger partial charge >= 0.3 is 0 Å². The second-order valence-electron chi connectivity index (χ2n) is 11.4. The van der Waals surface area contributed by atoms with Crippen LogP contribution >= 0.6 is 0 Å². The van der Waals surface area contributed by atoms with Crippen LogP contribution in [-0.4, -0.2) is 39.9 Å². The molecule has 0 atom stereocenters. The van der Waals surface area contributed by atoms with Crippen molar-refractivity contribution in [1.29, 1.82) is 0 Å². The lowest BCUT2D eigenvalue weighted by Gasteiger charge is -2.06. The van der Waals surface area contributed by atoms with Gasteiger partial charge in [-0.25, -0.2) is 9.97 Å². The van der Waals surface area contributed by atoms with E-state index in [9.17, 15) is 0 Å². The second-order valence-corrected chi connectivity index (χ2v) is 11.4. The number of H-pyrrole nitrogens is 2. The van der Waals surface area contributed by atoms with Gasteiger partial charge in [0.25, 0.3) is 0 Å². The minimum atomic E-state index is 0.822. The van der Waals surface area contributed by atoms with E-state index in [2.05, 4.69) is 78.5 Å². The average molecular weight is 619 g/mol. The summed E-state index contributed by atoms with van der Waals surface area (Å²) in [6.07, 6.45) is 22.8. The van der Waals surface area contributed by atoms with Crippen molar-refractivity contribution >= 4 is 46.4 Å². The van der Waals surface area contributed by atoms with Gasteiger partial charge in [0.05, 0.1) is 22.8 Å². The Morgan fingerprint density at radius 2 is 0.562 bits per heavy atom. The molecule has 7 aromatic rings. The number of hydrogen-bond acceptors (Lipinski definition) is 6. The van der Waals surface area contributed by atoms with Gasteiger partial charge in [0, 0.05) is 93.9 Å². The van der Waals surface area contributed by atoms with E-state index < -0.39 is 0 Å². The van der Waals surface area contributed by atoms with Gasteiger partial charge in [-0.2, -0.15) is 0 Å². The largest absolute Gasteiger partial charge is 0.354 e. The Morgan fingerprint density at radius 3 is 0.917 bits per heavy atom. The summed E-state index contributed by atoms with van der Waals surface area (Å²) in [5.41, 5.74) is 15.0. The fourth-order valence-corrected chi connectivity index (χ4v) is 6.49. The predicted molar refractivity (Wildman–Crippen MR) is 192 cm³/mol. The minimum absolute atomic E-state index is 0.822. The molecule has 8 nitrogen and oxygen atoms in total. The van der Waals surface area contributed by atoms with Crippen molar-refractivity contribution in [1.82, 2.24) is 39.9 Å². The molecule has 48 heavy (non-hydrogen) atoms. The fourth-order valence-electron chi connectivity index (χ4n) is 6.49. The summed E-state index contributed by atoms with van der Waals surface area (Å²) in [5.74, 6) is 0. The number of fused-ring (bicyclic) bond motifs is 8. The first-order chi connectivity index (χ1) is 23.8. The monoisotopic (exact) mass is 618 g/mol. The van der Waals surface area contributed by atoms with Gasteiger partial charge in [-0.05, 0) is 119 Å². The average Bonchev–Trinajstić information content (AvgIpc) is 3.98. The summed E-state index contributed by atoms with van der Waals surface area (Å²) in [7, 11) is 0. The van der Waals surface area contributed by atoms with Gasteiger partial charge in [0.15, 0.2) is 0 Å². The molecule has 0 unspecified atom stereocenters. The maximum absolute atomic E-state index is 5.28. The second kappa shape index (κ2) is 11.5. The molecule has 9 heterocycles. The van der Waals surface area contributed by atoms with E-state index in [4.69, 9.17) is 9.97 Å². The lowest BCUT2D eigenvalue weighted by atomic mass is 10.0. The molecule has 7 aromatic heterocycles. The van der Waals surface area contributed by atoms with Crippen molar-refractivity contribution in [3.8, 4) is 44.5 Å². The zero-order valence-corrected chi connectivity index (χ0v) is 25.5. The third-order valence-electron chi connectivity index (χ3n) is 8.63. The van der Waals surface area contributed by atoms with Gasteiger partial charge in [-0.3, -0.25) is 19.9 Å². The Bertz CT molecular complexity index is 2400. The first kappa shape index (κ1) is 27.5. The molecule has 0 radical (unpaired) electrons. The van der Waals surface area contributed by atoms with Crippen LogP contribution < -0.4 is 0 Å². The van der Waals surface area contributed by atoms with E-state index in [1.807, 2.05) is 85.7 Å². The summed E-state index contributed by atoms with van der Waals surface area (Å²) >= 11 is 0. The van der Waals surface area contributed by atoms with E-state index >= 15 is 0 Å². The highest BCUT2D eigenvalue weighted by atomic mass is 14.8. The number of aromatic amines is 2. The third kappa shape index (κ3) is 4.80. The normalized spacial score (nSPS) is 12.0. The van der Waals surface area contributed by atoms with Gasteiger partial charge in [0.2, 0.25) is 0 Å². The molecule has 0 saturated carbocycles. The number of nitrogens with zero attached hydrogens (tertiary/aromatic N) is 6. The SMILES string of the molecule is C1=Cc2nc1c(-c1ccncc1)c1nc(c(-c3ccncc3)c3ccc([nH]3)c(-c3ccncc3)c3ccc([nH]3)c2-c2ccncc2)C=C1. The highest BCUT2D eigenvalue weighted by Crippen LogP contribution is 2.38. The number of nitrogens with one attached hydrogen (secondary N) is 2. The lowest BCUT2D eigenvalue weighted by molar-refractivity contribution is 1.26. The standard InChI is InChI=1S/C40H26N8/c1-2-30-38(26-11-19-42-20-12-26)32-5-6-34(47-32)40(28-15-23-44-24-16-28)36-8-7-35(48-36)39(27-13-21-43-22-14-27)33-4-3-31(46-33)37(29(1)45-30)25-9-17-41-18-10-25/h1-24,45-46H. The summed E-state index contributed by atoms with van der Waals surface area (Å²) in [6, 6.07) is 24.6. The maximum Gasteiger partial charge on any atom is 0.0738 e. The van der Waals surface area contributed by atoms with Crippen LogP contribution in [0.5, 0.6) is 0 Å². The molecule has 0 fully saturated rings. The summed E-state index contributed by atoms with van der Waals surface area (Å²) in [5, 5.41) is 0. The quantitative estimate of drug-likeness (QED) is 0.204. The zero-order chi connectivity index (χ0) is 31.9. The van der Waals surface area contributed by atoms with Crippen molar-refractivity contribution in [3.63, 3.8) is 0 Å². The highest BCUT2D eigenvalue weighted by molar-refractivity contribution is 6.00. The van der Waals surface area contributed by atoms with Gasteiger partial charge in [-0.1, -0.05) is 0 Å². The van der Waals surface area contributed by atoms with Gasteiger partial charge in [0.1, 0.15) is 0 Å². The number of aromatic nitrogens is 8. The van der Waals surface area contributed by atoms with Crippen molar-refractivity contribution in [2.75, 3.05) is 0 Å². The molecule has 2 aliphatic rings. The van der Waals surface area contributed by atoms with Crippen LogP contribution in [0.3, 0.4) is 0 Å². The molecule has 0 aromatic carbocycles. The number of hydrogen-bond donors (Lipinski definition) is 2. The van der Waals surface area contributed by atoms with Crippen LogP contribution in [0.15, 0.2) is 122 Å². The Balaban J connectivity index is 1.49. The molecule has 0 spiro atoms. The van der Waals surface area contributed by atoms with Gasteiger partial charge in [-0.15, -0.1) is 0 Å². The minimum Gasteiger partial charge on any atom is -0.354 e. The molecule has 8 bridgehead atoms. The maximum atomic E-state index is 5.28. The number of pyridine rings is 4. The topological polar surface area (TPSA) is 109 Å². The van der Waals surface area contributed by atoms with E-state index in [-0.39, 0.29) is 0 Å². The molecular weight excluding hydrogens is 592 g/mol. The van der Waals surface area contributed by atoms with Crippen LogP contribution in [0.1, 0.15) is 22.8 Å². The van der Waals surface area contributed by atoms with E-state index in [0.717, 1.165) is 89.4 Å². The van der Waals surface area contributed by atoms with Crippen molar-refractivity contribution < 1.29 is 0 Å². The first-order valence-electron chi connectivity index (χ1n) is 15.6. The van der Waals surface area contributed by atoms with Crippen molar-refractivity contribution in [2.45, 2.75) is 0 Å². The molecule has 226 valence electrons. The fraction of sp³-hybridized carbons (Fsp3) is 0. The van der Waals surface area contributed by atoms with Crippen LogP contribution in [-0.2, 0) is 0 Å². The van der Waals surface area contributed by atoms with Crippen molar-refractivity contribution in [3.05, 3.63) is 145 Å². The molecule has 0 amide bonds. The van der Waals surface area contributed by atoms with E-state index in [0.29, 0.717) is 0 Å². The molecule has 9 rings (SSSR count). The molecule has 0 aliphatic carbocycles. The molecule has 2 aliphatic heterocycles. The third-order valence-corrected chi connectivity index (χ3v) is 8.63. The summed E-state index contributed by atoms with van der Waals surface area (Å²) < 4.78 is 0. The van der Waals surface area contributed by atoms with E-state index in [1.54, 1.807) is 12.4 Å². The summed E-state index contributed by atoms with van der Waals surface area (Å²) in [6.45, 7) is 0. The van der Waals surface area contributed by atoms with E-state index in [1.165, 1.54) is 0 Å². The van der Waals surface area contributed by atoms with Crippen LogP contribution in [0.2, 0.25) is 0 Å². The first-order valence-corrected chi connectivity index (χ1v) is 15.6. The van der Waals surface area contributed by atoms with Crippen LogP contribution in [0.4, 0.5) is 0 Å². The summed E-state index contributed by atoms with van der Waals surface area (Å²) in [4.78, 5) is 35.2. The lowest BCUT2D eigenvalue weighted by Crippen LogP contribution is -1.91. The molecule has 8 heteroatoms. The number of rotatable bonds is 4. The molecule has 0 saturated heterocycles. The smallest absolute Gasteiger partial charge is 0.0738 e. The zero-order valence-electron chi connectivity index (χ0n) is 25.5. The van der Waals surface area contributed by atoms with Crippen molar-refractivity contribution in [2.24, 2.45) is 0 Å². The predicted octanol–water partition coefficient (Wildman–Crippen LogP) is 8.90. The van der Waals surface area contributed by atoms with Gasteiger partial charge < -0.3 is 9.97 Å². The Hall–Kier alpha value is -6.80.